The van der Waals surface area contributed by atoms with E-state index in [2.05, 4.69) is 0 Å². The van der Waals surface area contributed by atoms with E-state index in [9.17, 15) is 0 Å². The van der Waals surface area contributed by atoms with Gasteiger partial charge < -0.3 is 5.48 Å². The van der Waals surface area contributed by atoms with Crippen molar-refractivity contribution in [2.75, 3.05) is 0 Å². The zero-order chi connectivity index (χ0) is 0. The number of rotatable bonds is 0. The summed E-state index contributed by atoms with van der Waals surface area (Å²) in [5.74, 6) is 0. The van der Waals surface area contributed by atoms with Crippen LogP contribution in [0.25, 0.3) is 0 Å². The molecule has 5 heteroatoms. The van der Waals surface area contributed by atoms with Gasteiger partial charge in [-0.2, -0.15) is 13.5 Å². The van der Waals surface area contributed by atoms with Gasteiger partial charge in [-0.05, 0) is 0 Å². The Hall–Kier alpha value is 2.13. The van der Waals surface area contributed by atoms with Gasteiger partial charge in [-0.15, -0.1) is 0 Å². The molecule has 0 aliphatic heterocycles. The maximum atomic E-state index is 0. The van der Waals surface area contributed by atoms with Crippen molar-refractivity contribution in [1.82, 2.24) is 0 Å². The Bertz CT molecular complexity index is 11.6. The van der Waals surface area contributed by atoms with Gasteiger partial charge in [0.25, 0.3) is 0 Å². The molecule has 0 saturated heterocycles. The van der Waals surface area contributed by atoms with Gasteiger partial charge in [-0.1, -0.05) is 0 Å². The summed E-state index contributed by atoms with van der Waals surface area (Å²) in [6.07, 6.45) is 0. The molecule has 0 aromatic heterocycles. The molecule has 2 N–H and O–H groups in total. The first-order valence-corrected chi connectivity index (χ1v) is 0. The minimum atomic E-state index is 0. The third-order valence-corrected chi connectivity index (χ3v) is 0. The fourth-order valence-corrected chi connectivity index (χ4v) is 0. The number of hydrogen-bond acceptors (Lipinski definition) is 0. The van der Waals surface area contributed by atoms with Crippen LogP contribution in [0, 0.1) is 0 Å². The van der Waals surface area contributed by atoms with Gasteiger partial charge >= 0.3 is 0 Å². The van der Waals surface area contributed by atoms with Crippen molar-refractivity contribution in [3.05, 3.63) is 0 Å². The molecular formula is H4FeOSTiV. The molecular weight excluding hydrogens is 203 g/mol. The van der Waals surface area contributed by atoms with Crippen LogP contribution in [-0.2, 0) is 57.3 Å². The van der Waals surface area contributed by atoms with Gasteiger partial charge in [0.1, 0.15) is 0 Å². The van der Waals surface area contributed by atoms with Gasteiger partial charge in [0.15, 0.2) is 0 Å². The van der Waals surface area contributed by atoms with Crippen LogP contribution in [0.3, 0.4) is 0 Å². The summed E-state index contributed by atoms with van der Waals surface area (Å²) >= 11 is 0. The standard InChI is InChI=1S/Fe.H2O.H2S.Ti.V/h;2*1H2;;. The van der Waals surface area contributed by atoms with E-state index in [4.69, 9.17) is 0 Å². The Morgan fingerprint density at radius 3 is 1.00 bits per heavy atom. The van der Waals surface area contributed by atoms with Crippen LogP contribution in [0.2, 0.25) is 0 Å². The van der Waals surface area contributed by atoms with Gasteiger partial charge in [0, 0.05) is 57.3 Å². The third kappa shape index (κ3) is 23.1. The Morgan fingerprint density at radius 2 is 1.00 bits per heavy atom. The van der Waals surface area contributed by atoms with E-state index in [1.165, 1.54) is 0 Å². The van der Waals surface area contributed by atoms with Crippen LogP contribution in [0.15, 0.2) is 0 Å². The van der Waals surface area contributed by atoms with E-state index in [1.807, 2.05) is 0 Å². The summed E-state index contributed by atoms with van der Waals surface area (Å²) in [5.41, 5.74) is 0. The zero-order valence-corrected chi connectivity index (χ0v) is 7.36. The Kier molecular flexibility index (Phi) is 421. The van der Waals surface area contributed by atoms with Crippen LogP contribution in [0.5, 0.6) is 0 Å². The molecule has 1 nitrogen and oxygen atoms in total. The van der Waals surface area contributed by atoms with Crippen molar-refractivity contribution < 1.29 is 62.8 Å². The maximum absolute atomic E-state index is 0. The summed E-state index contributed by atoms with van der Waals surface area (Å²) in [6, 6.07) is 0. The molecule has 0 bridgehead atoms. The molecule has 0 unspecified atom stereocenters. The third-order valence-electron chi connectivity index (χ3n) is 0. The Balaban J connectivity index is 0. The van der Waals surface area contributed by atoms with Gasteiger partial charge in [0.05, 0.1) is 0 Å². The van der Waals surface area contributed by atoms with E-state index >= 15 is 0 Å². The molecule has 1 radical (unpaired) electrons. The summed E-state index contributed by atoms with van der Waals surface area (Å²) in [6.45, 7) is 0. The molecule has 0 aliphatic carbocycles. The molecule has 0 atom stereocenters. The molecule has 0 fully saturated rings. The topological polar surface area (TPSA) is 31.5 Å². The maximum Gasteiger partial charge on any atom is 0 e. The summed E-state index contributed by atoms with van der Waals surface area (Å²) < 4.78 is 0. The van der Waals surface area contributed by atoms with E-state index in [0.29, 0.717) is 0 Å². The van der Waals surface area contributed by atoms with Crippen LogP contribution in [-0.4, -0.2) is 5.48 Å². The second kappa shape index (κ2) is 35.6. The molecule has 0 aliphatic rings. The van der Waals surface area contributed by atoms with E-state index in [0.717, 1.165) is 0 Å². The van der Waals surface area contributed by atoms with Gasteiger partial charge in [-0.3, -0.25) is 0 Å². The molecule has 33 valence electrons. The molecule has 0 saturated carbocycles. The molecule has 0 aromatic rings. The first-order valence-electron chi connectivity index (χ1n) is 0. The van der Waals surface area contributed by atoms with E-state index < -0.39 is 0 Å². The predicted molar refractivity (Wildman–Crippen MR) is 14.0 cm³/mol. The van der Waals surface area contributed by atoms with Crippen molar-refractivity contribution in [3.8, 4) is 0 Å². The minimum Gasteiger partial charge on any atom is -0.412 e. The Labute approximate surface area is 75.7 Å². The average molecular weight is 207 g/mol. The minimum absolute atomic E-state index is 0. The van der Waals surface area contributed by atoms with E-state index in [1.54, 1.807) is 0 Å². The fraction of sp³-hybridized carbons (Fsp3) is 0. The van der Waals surface area contributed by atoms with Gasteiger partial charge in [0.2, 0.25) is 0 Å². The SMILES string of the molecule is O.S.[Fe].[Ti].[V]. The smallest absolute Gasteiger partial charge is 0 e. The van der Waals surface area contributed by atoms with Crippen LogP contribution in [0.4, 0.5) is 0 Å². The number of hydrogen-bond donors (Lipinski definition) is 0. The quantitative estimate of drug-likeness (QED) is 0.469. The van der Waals surface area contributed by atoms with E-state index in [-0.39, 0.29) is 76.3 Å². The van der Waals surface area contributed by atoms with Crippen LogP contribution in [0.1, 0.15) is 0 Å². The molecule has 0 heterocycles. The molecule has 5 heavy (non-hydrogen) atoms. The molecule has 0 rings (SSSR count). The van der Waals surface area contributed by atoms with Crippen molar-refractivity contribution in [1.29, 1.82) is 0 Å². The molecule has 0 aromatic carbocycles. The normalized spacial score (nSPS) is 0. The summed E-state index contributed by atoms with van der Waals surface area (Å²) in [4.78, 5) is 0. The zero-order valence-electron chi connectivity index (χ0n) is 2.30. The first-order chi connectivity index (χ1) is 0. The second-order valence-corrected chi connectivity index (χ2v) is 0. The fourth-order valence-electron chi connectivity index (χ4n) is 0. The van der Waals surface area contributed by atoms with Crippen molar-refractivity contribution in [2.24, 2.45) is 0 Å². The monoisotopic (exact) mass is 207 g/mol. The van der Waals surface area contributed by atoms with Crippen LogP contribution < -0.4 is 0 Å². The summed E-state index contributed by atoms with van der Waals surface area (Å²) in [5, 5.41) is 0. The van der Waals surface area contributed by atoms with Crippen molar-refractivity contribution >= 4 is 13.5 Å². The van der Waals surface area contributed by atoms with Crippen molar-refractivity contribution in [2.45, 2.75) is 0 Å². The molecule has 0 spiro atoms. The first kappa shape index (κ1) is 59.1. The van der Waals surface area contributed by atoms with Gasteiger partial charge in [-0.25, -0.2) is 0 Å². The summed E-state index contributed by atoms with van der Waals surface area (Å²) in [7, 11) is 0. The Morgan fingerprint density at radius 1 is 1.00 bits per heavy atom. The molecule has 0 amide bonds. The second-order valence-electron chi connectivity index (χ2n) is 0. The largest absolute Gasteiger partial charge is 0.412 e. The average Bonchev–Trinajstić information content (AvgIpc) is 0. The van der Waals surface area contributed by atoms with Crippen LogP contribution >= 0.6 is 13.5 Å². The van der Waals surface area contributed by atoms with Crippen molar-refractivity contribution in [3.63, 3.8) is 0 Å². The predicted octanol–water partition coefficient (Wildman–Crippen LogP) is -0.719.